The van der Waals surface area contributed by atoms with Crippen LogP contribution in [0, 0.1) is 0 Å². The predicted octanol–water partition coefficient (Wildman–Crippen LogP) is 1.53. The first-order chi connectivity index (χ1) is 14.3. The van der Waals surface area contributed by atoms with Crippen molar-refractivity contribution in [1.82, 2.24) is 10.6 Å². The Morgan fingerprint density at radius 3 is 2.43 bits per heavy atom. The van der Waals surface area contributed by atoms with Gasteiger partial charge in [0.1, 0.15) is 12.6 Å². The van der Waals surface area contributed by atoms with Crippen molar-refractivity contribution in [3.8, 4) is 0 Å². The molecule has 0 aliphatic carbocycles. The number of alkyl carbamates (subject to hydrolysis) is 1. The summed E-state index contributed by atoms with van der Waals surface area (Å²) in [6, 6.07) is 15.0. The maximum atomic E-state index is 12.1. The highest BCUT2D eigenvalue weighted by Crippen LogP contribution is 2.12. The Labute approximate surface area is 179 Å². The molecule has 0 radical (unpaired) electrons. The van der Waals surface area contributed by atoms with Gasteiger partial charge in [-0.1, -0.05) is 54.1 Å². The van der Waals surface area contributed by atoms with E-state index in [9.17, 15) is 19.5 Å². The monoisotopic (exact) mass is 433 g/mol. The van der Waals surface area contributed by atoms with Gasteiger partial charge in [0, 0.05) is 18.0 Å². The average molecular weight is 434 g/mol. The maximum absolute atomic E-state index is 12.1. The number of nitrogens with two attached hydrogens (primary N) is 1. The van der Waals surface area contributed by atoms with E-state index in [2.05, 4.69) is 10.6 Å². The van der Waals surface area contributed by atoms with Crippen LogP contribution in [0.25, 0.3) is 0 Å². The van der Waals surface area contributed by atoms with Crippen LogP contribution in [0.5, 0.6) is 0 Å². The van der Waals surface area contributed by atoms with E-state index in [1.54, 1.807) is 24.3 Å². The predicted molar refractivity (Wildman–Crippen MR) is 112 cm³/mol. The minimum absolute atomic E-state index is 0.0903. The number of rotatable bonds is 10. The Morgan fingerprint density at radius 2 is 1.77 bits per heavy atom. The van der Waals surface area contributed by atoms with Gasteiger partial charge in [0.15, 0.2) is 0 Å². The van der Waals surface area contributed by atoms with E-state index >= 15 is 0 Å². The molecular formula is C21H24ClN3O5. The molecule has 0 saturated heterocycles. The van der Waals surface area contributed by atoms with Crippen LogP contribution in [-0.4, -0.2) is 41.7 Å². The van der Waals surface area contributed by atoms with E-state index in [0.717, 1.165) is 11.1 Å². The molecule has 2 rings (SSSR count). The van der Waals surface area contributed by atoms with Crippen LogP contribution >= 0.6 is 11.6 Å². The molecular weight excluding hydrogens is 410 g/mol. The summed E-state index contributed by atoms with van der Waals surface area (Å²) in [7, 11) is 0. The summed E-state index contributed by atoms with van der Waals surface area (Å²) >= 11 is 5.92. The number of halogens is 1. The summed E-state index contributed by atoms with van der Waals surface area (Å²) in [6.07, 6.45) is -2.02. The summed E-state index contributed by atoms with van der Waals surface area (Å²) in [5.41, 5.74) is 6.91. The van der Waals surface area contributed by atoms with Crippen molar-refractivity contribution in [3.05, 3.63) is 70.7 Å². The van der Waals surface area contributed by atoms with E-state index < -0.39 is 30.1 Å². The summed E-state index contributed by atoms with van der Waals surface area (Å²) in [5.74, 6) is -1.28. The van der Waals surface area contributed by atoms with Crippen LogP contribution in [-0.2, 0) is 27.4 Å². The SMILES string of the molecule is NC(=O)[C@H](Cc1cccc(Cl)c1)NC(=O)C[C@@H](O)CNC(=O)OCc1ccccc1. The minimum Gasteiger partial charge on any atom is -0.445 e. The van der Waals surface area contributed by atoms with Crippen LogP contribution in [0.4, 0.5) is 4.79 Å². The Balaban J connectivity index is 1.73. The Bertz CT molecular complexity index is 863. The fraction of sp³-hybridized carbons (Fsp3) is 0.286. The van der Waals surface area contributed by atoms with Crippen molar-refractivity contribution < 1.29 is 24.2 Å². The van der Waals surface area contributed by atoms with Crippen LogP contribution in [0.1, 0.15) is 17.5 Å². The molecule has 0 spiro atoms. The number of hydrogen-bond acceptors (Lipinski definition) is 5. The minimum atomic E-state index is -1.16. The summed E-state index contributed by atoms with van der Waals surface area (Å²) in [5, 5.41) is 15.3. The molecule has 30 heavy (non-hydrogen) atoms. The first kappa shape index (κ1) is 23.2. The third-order valence-corrected chi connectivity index (χ3v) is 4.36. The van der Waals surface area contributed by atoms with Gasteiger partial charge in [-0.15, -0.1) is 0 Å². The van der Waals surface area contributed by atoms with E-state index in [1.165, 1.54) is 0 Å². The fourth-order valence-electron chi connectivity index (χ4n) is 2.64. The molecule has 9 heteroatoms. The molecule has 160 valence electrons. The number of aliphatic hydroxyl groups excluding tert-OH is 1. The van der Waals surface area contributed by atoms with Crippen molar-refractivity contribution in [3.63, 3.8) is 0 Å². The number of carbonyl (C=O) groups excluding carboxylic acids is 3. The van der Waals surface area contributed by atoms with Crippen LogP contribution in [0.2, 0.25) is 5.02 Å². The lowest BCUT2D eigenvalue weighted by Crippen LogP contribution is -2.47. The second kappa shape index (κ2) is 11.8. The van der Waals surface area contributed by atoms with Crippen molar-refractivity contribution >= 4 is 29.5 Å². The normalized spacial score (nSPS) is 12.5. The van der Waals surface area contributed by atoms with Crippen molar-refractivity contribution in [2.24, 2.45) is 5.73 Å². The Kier molecular flexibility index (Phi) is 9.11. The topological polar surface area (TPSA) is 131 Å². The van der Waals surface area contributed by atoms with Crippen LogP contribution in [0.15, 0.2) is 54.6 Å². The average Bonchev–Trinajstić information content (AvgIpc) is 2.71. The fourth-order valence-corrected chi connectivity index (χ4v) is 2.85. The highest BCUT2D eigenvalue weighted by atomic mass is 35.5. The maximum Gasteiger partial charge on any atom is 0.407 e. The van der Waals surface area contributed by atoms with Crippen molar-refractivity contribution in [2.45, 2.75) is 31.6 Å². The number of carbonyl (C=O) groups is 3. The second-order valence-electron chi connectivity index (χ2n) is 6.66. The van der Waals surface area contributed by atoms with E-state index in [4.69, 9.17) is 22.1 Å². The van der Waals surface area contributed by atoms with Gasteiger partial charge >= 0.3 is 6.09 Å². The summed E-state index contributed by atoms with van der Waals surface area (Å²) in [6.45, 7) is -0.0936. The first-order valence-electron chi connectivity index (χ1n) is 9.29. The molecule has 0 heterocycles. The Morgan fingerprint density at radius 1 is 1.07 bits per heavy atom. The number of nitrogens with one attached hydrogen (secondary N) is 2. The number of amides is 3. The molecule has 8 nitrogen and oxygen atoms in total. The van der Waals surface area contributed by atoms with Gasteiger partial charge in [-0.05, 0) is 23.3 Å². The molecule has 2 aromatic rings. The number of ether oxygens (including phenoxy) is 1. The van der Waals surface area contributed by atoms with Crippen molar-refractivity contribution in [1.29, 1.82) is 0 Å². The summed E-state index contributed by atoms with van der Waals surface area (Å²) < 4.78 is 5.02. The third-order valence-electron chi connectivity index (χ3n) is 4.12. The molecule has 2 aromatic carbocycles. The zero-order valence-corrected chi connectivity index (χ0v) is 17.0. The van der Waals surface area contributed by atoms with E-state index in [0.29, 0.717) is 5.02 Å². The molecule has 0 unspecified atom stereocenters. The second-order valence-corrected chi connectivity index (χ2v) is 7.09. The van der Waals surface area contributed by atoms with Crippen LogP contribution in [0.3, 0.4) is 0 Å². The van der Waals surface area contributed by atoms with E-state index in [1.807, 2.05) is 30.3 Å². The standard InChI is InChI=1S/C21H24ClN3O5/c22-16-8-4-7-15(9-16)10-18(20(23)28)25-19(27)11-17(26)12-24-21(29)30-13-14-5-2-1-3-6-14/h1-9,17-18,26H,10-13H2,(H2,23,28)(H,24,29)(H,25,27)/t17-,18+/m1/s1. The van der Waals surface area contributed by atoms with Gasteiger partial charge in [0.2, 0.25) is 11.8 Å². The van der Waals surface area contributed by atoms with Gasteiger partial charge < -0.3 is 26.2 Å². The zero-order valence-electron chi connectivity index (χ0n) is 16.2. The van der Waals surface area contributed by atoms with Gasteiger partial charge in [-0.3, -0.25) is 9.59 Å². The Hall–Kier alpha value is -3.10. The van der Waals surface area contributed by atoms with Gasteiger partial charge in [0.25, 0.3) is 0 Å². The molecule has 3 amide bonds. The molecule has 0 aliphatic rings. The molecule has 2 atom stereocenters. The third kappa shape index (κ3) is 8.50. The smallest absolute Gasteiger partial charge is 0.407 e. The van der Waals surface area contributed by atoms with Crippen molar-refractivity contribution in [2.75, 3.05) is 6.54 Å². The molecule has 5 N–H and O–H groups in total. The number of benzene rings is 2. The number of aliphatic hydroxyl groups is 1. The molecule has 0 fully saturated rings. The summed E-state index contributed by atoms with van der Waals surface area (Å²) in [4.78, 5) is 35.5. The number of primary amides is 1. The number of hydrogen-bond donors (Lipinski definition) is 4. The molecule has 0 aliphatic heterocycles. The van der Waals surface area contributed by atoms with Gasteiger partial charge in [0.05, 0.1) is 12.5 Å². The quantitative estimate of drug-likeness (QED) is 0.451. The molecule has 0 saturated carbocycles. The van der Waals surface area contributed by atoms with Crippen LogP contribution < -0.4 is 16.4 Å². The lowest BCUT2D eigenvalue weighted by atomic mass is 10.1. The lowest BCUT2D eigenvalue weighted by Gasteiger charge is -2.17. The van der Waals surface area contributed by atoms with Gasteiger partial charge in [-0.2, -0.15) is 0 Å². The lowest BCUT2D eigenvalue weighted by molar-refractivity contribution is -0.128. The molecule has 0 aromatic heterocycles. The highest BCUT2D eigenvalue weighted by molar-refractivity contribution is 6.30. The first-order valence-corrected chi connectivity index (χ1v) is 9.67. The van der Waals surface area contributed by atoms with Gasteiger partial charge in [-0.25, -0.2) is 4.79 Å². The largest absolute Gasteiger partial charge is 0.445 e. The molecule has 0 bridgehead atoms. The highest BCUT2D eigenvalue weighted by Gasteiger charge is 2.21. The van der Waals surface area contributed by atoms with E-state index in [-0.39, 0.29) is 26.0 Å². The zero-order chi connectivity index (χ0) is 21.9.